The first-order valence-corrected chi connectivity index (χ1v) is 8.92. The van der Waals surface area contributed by atoms with Crippen LogP contribution in [0.4, 0.5) is 0 Å². The van der Waals surface area contributed by atoms with Crippen molar-refractivity contribution in [2.45, 2.75) is 77.6 Å². The average molecular weight is 272 g/mol. The van der Waals surface area contributed by atoms with E-state index in [1.807, 2.05) is 0 Å². The number of aryl methyl sites for hydroxylation is 1. The van der Waals surface area contributed by atoms with Gasteiger partial charge in [-0.1, -0.05) is 95.0 Å². The number of hydrogen-bond acceptors (Lipinski definition) is 0. The van der Waals surface area contributed by atoms with Crippen LogP contribution in [0.2, 0.25) is 0 Å². The molecule has 0 aromatic heterocycles. The minimum absolute atomic E-state index is 1.03. The molecule has 2 rings (SSSR count). The summed E-state index contributed by atoms with van der Waals surface area (Å²) in [6.45, 7) is 2.31. The van der Waals surface area contributed by atoms with Crippen LogP contribution in [0.25, 0.3) is 0 Å². The lowest BCUT2D eigenvalue weighted by Crippen LogP contribution is -2.14. The van der Waals surface area contributed by atoms with Crippen molar-refractivity contribution in [2.75, 3.05) is 0 Å². The first-order chi connectivity index (χ1) is 9.88. The Kier molecular flexibility index (Phi) is 7.19. The first-order valence-electron chi connectivity index (χ1n) is 8.92. The molecule has 0 heterocycles. The maximum Gasteiger partial charge on any atom is -0.0279 e. The Bertz CT molecular complexity index is 332. The molecule has 20 heavy (non-hydrogen) atoms. The summed E-state index contributed by atoms with van der Waals surface area (Å²) in [6, 6.07) is 11.0. The van der Waals surface area contributed by atoms with Crippen molar-refractivity contribution in [3.05, 3.63) is 35.9 Å². The summed E-state index contributed by atoms with van der Waals surface area (Å²) in [4.78, 5) is 0. The molecule has 0 N–H and O–H groups in total. The van der Waals surface area contributed by atoms with E-state index in [1.165, 1.54) is 76.2 Å². The summed E-state index contributed by atoms with van der Waals surface area (Å²) < 4.78 is 0. The molecule has 0 nitrogen and oxygen atoms in total. The minimum atomic E-state index is 1.03. The van der Waals surface area contributed by atoms with Gasteiger partial charge in [-0.05, 0) is 30.2 Å². The number of benzene rings is 1. The minimum Gasteiger partial charge on any atom is -0.0654 e. The number of unbranched alkanes of at least 4 members (excludes halogenated alkanes) is 2. The quantitative estimate of drug-likeness (QED) is 0.481. The van der Waals surface area contributed by atoms with Crippen molar-refractivity contribution in [1.29, 1.82) is 0 Å². The van der Waals surface area contributed by atoms with Gasteiger partial charge in [0.1, 0.15) is 0 Å². The Morgan fingerprint density at radius 2 is 1.40 bits per heavy atom. The monoisotopic (exact) mass is 272 g/mol. The highest BCUT2D eigenvalue weighted by Crippen LogP contribution is 2.34. The third-order valence-corrected chi connectivity index (χ3v) is 5.10. The Morgan fingerprint density at radius 3 is 2.00 bits per heavy atom. The third kappa shape index (κ3) is 5.69. The van der Waals surface area contributed by atoms with Crippen LogP contribution in [-0.2, 0) is 6.42 Å². The van der Waals surface area contributed by atoms with E-state index >= 15 is 0 Å². The molecule has 0 aliphatic heterocycles. The predicted octanol–water partition coefficient (Wildman–Crippen LogP) is 6.40. The summed E-state index contributed by atoms with van der Waals surface area (Å²) in [5, 5.41) is 0. The first kappa shape index (κ1) is 15.6. The second-order valence-corrected chi connectivity index (χ2v) is 6.76. The molecule has 0 atom stereocenters. The summed E-state index contributed by atoms with van der Waals surface area (Å²) >= 11 is 0. The molecule has 0 amide bonds. The summed E-state index contributed by atoms with van der Waals surface area (Å²) in [5.74, 6) is 2.09. The van der Waals surface area contributed by atoms with Gasteiger partial charge >= 0.3 is 0 Å². The lowest BCUT2D eigenvalue weighted by atomic mass is 9.78. The van der Waals surface area contributed by atoms with Crippen LogP contribution in [0.3, 0.4) is 0 Å². The van der Waals surface area contributed by atoms with E-state index in [4.69, 9.17) is 0 Å². The molecule has 0 saturated heterocycles. The van der Waals surface area contributed by atoms with Gasteiger partial charge in [-0.15, -0.1) is 0 Å². The van der Waals surface area contributed by atoms with Crippen molar-refractivity contribution in [2.24, 2.45) is 11.8 Å². The van der Waals surface area contributed by atoms with Crippen LogP contribution in [-0.4, -0.2) is 0 Å². The Hall–Kier alpha value is -0.780. The van der Waals surface area contributed by atoms with Crippen LogP contribution in [0, 0.1) is 11.8 Å². The lowest BCUT2D eigenvalue weighted by molar-refractivity contribution is 0.246. The Labute approximate surface area is 126 Å². The SMILES string of the molecule is CCCCC[C@H]1CC[C@H](CCCc2ccccc2)CC1. The fourth-order valence-electron chi connectivity index (χ4n) is 3.73. The third-order valence-electron chi connectivity index (χ3n) is 5.10. The van der Waals surface area contributed by atoms with Crippen molar-refractivity contribution in [3.63, 3.8) is 0 Å². The van der Waals surface area contributed by atoms with Gasteiger partial charge in [-0.25, -0.2) is 0 Å². The highest BCUT2D eigenvalue weighted by Gasteiger charge is 2.20. The Morgan fingerprint density at radius 1 is 0.800 bits per heavy atom. The summed E-state index contributed by atoms with van der Waals surface area (Å²) in [6.07, 6.45) is 15.9. The number of hydrogen-bond donors (Lipinski definition) is 0. The van der Waals surface area contributed by atoms with Crippen LogP contribution in [0.1, 0.15) is 76.7 Å². The van der Waals surface area contributed by atoms with Crippen molar-refractivity contribution in [3.8, 4) is 0 Å². The van der Waals surface area contributed by atoms with Crippen LogP contribution in [0.15, 0.2) is 30.3 Å². The van der Waals surface area contributed by atoms with E-state index < -0.39 is 0 Å². The molecule has 112 valence electrons. The number of rotatable bonds is 8. The molecule has 1 saturated carbocycles. The fourth-order valence-corrected chi connectivity index (χ4v) is 3.73. The zero-order valence-corrected chi connectivity index (χ0v) is 13.3. The highest BCUT2D eigenvalue weighted by atomic mass is 14.3. The summed E-state index contributed by atoms with van der Waals surface area (Å²) in [5.41, 5.74) is 1.51. The smallest absolute Gasteiger partial charge is 0.0279 e. The zero-order chi connectivity index (χ0) is 14.0. The molecule has 0 bridgehead atoms. The van der Waals surface area contributed by atoms with Gasteiger partial charge in [0.2, 0.25) is 0 Å². The summed E-state index contributed by atoms with van der Waals surface area (Å²) in [7, 11) is 0. The highest BCUT2D eigenvalue weighted by molar-refractivity contribution is 5.14. The van der Waals surface area contributed by atoms with Gasteiger partial charge in [-0.2, -0.15) is 0 Å². The molecular weight excluding hydrogens is 240 g/mol. The van der Waals surface area contributed by atoms with Gasteiger partial charge in [0.05, 0.1) is 0 Å². The second kappa shape index (κ2) is 9.21. The Balaban J connectivity index is 1.55. The molecule has 1 aliphatic carbocycles. The van der Waals surface area contributed by atoms with Crippen LogP contribution < -0.4 is 0 Å². The fraction of sp³-hybridized carbons (Fsp3) is 0.700. The molecule has 0 heteroatoms. The average Bonchev–Trinajstić information content (AvgIpc) is 2.50. The van der Waals surface area contributed by atoms with E-state index in [2.05, 4.69) is 37.3 Å². The lowest BCUT2D eigenvalue weighted by Gasteiger charge is -2.28. The van der Waals surface area contributed by atoms with Crippen molar-refractivity contribution >= 4 is 0 Å². The zero-order valence-electron chi connectivity index (χ0n) is 13.3. The van der Waals surface area contributed by atoms with E-state index in [-0.39, 0.29) is 0 Å². The van der Waals surface area contributed by atoms with Crippen molar-refractivity contribution < 1.29 is 0 Å². The molecule has 1 aliphatic rings. The maximum absolute atomic E-state index is 2.31. The second-order valence-electron chi connectivity index (χ2n) is 6.76. The van der Waals surface area contributed by atoms with Gasteiger partial charge in [0, 0.05) is 0 Å². The van der Waals surface area contributed by atoms with Gasteiger partial charge in [-0.3, -0.25) is 0 Å². The van der Waals surface area contributed by atoms with E-state index in [1.54, 1.807) is 0 Å². The van der Waals surface area contributed by atoms with E-state index in [0.717, 1.165) is 11.8 Å². The molecule has 0 radical (unpaired) electrons. The molecule has 1 aromatic rings. The normalized spacial score (nSPS) is 22.9. The molecule has 1 fully saturated rings. The van der Waals surface area contributed by atoms with E-state index in [9.17, 15) is 0 Å². The predicted molar refractivity (Wildman–Crippen MR) is 89.0 cm³/mol. The standard InChI is InChI=1S/C20H32/c1-2-3-5-9-19-14-16-20(17-15-19)13-8-12-18-10-6-4-7-11-18/h4,6-7,10-11,19-20H,2-3,5,8-9,12-17H2,1H3/t19-,20-. The molecule has 0 unspecified atom stereocenters. The van der Waals surface area contributed by atoms with Crippen molar-refractivity contribution in [1.82, 2.24) is 0 Å². The molecule has 1 aromatic carbocycles. The van der Waals surface area contributed by atoms with Crippen LogP contribution in [0.5, 0.6) is 0 Å². The van der Waals surface area contributed by atoms with Crippen LogP contribution >= 0.6 is 0 Å². The van der Waals surface area contributed by atoms with Gasteiger partial charge in [0.15, 0.2) is 0 Å². The molecule has 0 spiro atoms. The van der Waals surface area contributed by atoms with Gasteiger partial charge in [0.25, 0.3) is 0 Å². The molecular formula is C20H32. The van der Waals surface area contributed by atoms with E-state index in [0.29, 0.717) is 0 Å². The maximum atomic E-state index is 2.31. The largest absolute Gasteiger partial charge is 0.0654 e. The van der Waals surface area contributed by atoms with Gasteiger partial charge < -0.3 is 0 Å². The topological polar surface area (TPSA) is 0 Å².